The van der Waals surface area contributed by atoms with Gasteiger partial charge in [-0.3, -0.25) is 48.3 Å². The Morgan fingerprint density at radius 3 is 1.55 bits per heavy atom. The Morgan fingerprint density at radius 1 is 0.600 bits per heavy atom. The molecule has 7 atom stereocenters. The van der Waals surface area contributed by atoms with Crippen LogP contribution in [0.5, 0.6) is 0 Å². The van der Waals surface area contributed by atoms with Crippen LogP contribution in [0.15, 0.2) is 101 Å². The highest BCUT2D eigenvalue weighted by atomic mass is 16.4. The van der Waals surface area contributed by atoms with Crippen molar-refractivity contribution >= 4 is 65.1 Å². The molecule has 5 rings (SSSR count). The highest BCUT2D eigenvalue weighted by Crippen LogP contribution is 2.26. The molecule has 3 aromatic carbocycles. The molecule has 2 saturated heterocycles. The highest BCUT2D eigenvalue weighted by molar-refractivity contribution is 5.99. The quantitative estimate of drug-likeness (QED) is 0.0207. The zero-order chi connectivity index (χ0) is 58.4. The third-order valence-electron chi connectivity index (χ3n) is 13.7. The second-order valence-electron chi connectivity index (χ2n) is 20.4. The maximum absolute atomic E-state index is 14.5. The summed E-state index contributed by atoms with van der Waals surface area (Å²) in [7, 11) is 0. The first-order valence-electron chi connectivity index (χ1n) is 26.8. The van der Waals surface area contributed by atoms with E-state index in [-0.39, 0.29) is 63.0 Å². The van der Waals surface area contributed by atoms with E-state index in [0.717, 1.165) is 0 Å². The van der Waals surface area contributed by atoms with Crippen LogP contribution in [0.2, 0.25) is 0 Å². The molecule has 0 spiro atoms. The second kappa shape index (κ2) is 30.5. The van der Waals surface area contributed by atoms with Crippen molar-refractivity contribution in [3.63, 3.8) is 0 Å². The molecule has 0 bridgehead atoms. The van der Waals surface area contributed by atoms with Gasteiger partial charge in [0.15, 0.2) is 11.9 Å². The summed E-state index contributed by atoms with van der Waals surface area (Å²) in [6.45, 7) is 3.23. The average Bonchev–Trinajstić information content (AvgIpc) is 4.14. The Morgan fingerprint density at radius 2 is 1.05 bits per heavy atom. The minimum absolute atomic E-state index is 0.0240. The molecule has 0 aliphatic carbocycles. The molecule has 80 heavy (non-hydrogen) atoms. The lowest BCUT2D eigenvalue weighted by atomic mass is 9.98. The van der Waals surface area contributed by atoms with Crippen LogP contribution in [0, 0.1) is 0 Å². The van der Waals surface area contributed by atoms with Gasteiger partial charge in [0.05, 0.1) is 12.6 Å². The highest BCUT2D eigenvalue weighted by Gasteiger charge is 2.43. The number of nitrogens with zero attached hydrogens (tertiary/aromatic N) is 4. The predicted octanol–water partition coefficient (Wildman–Crippen LogP) is -1.83. The Balaban J connectivity index is 1.27. The van der Waals surface area contributed by atoms with Gasteiger partial charge in [-0.1, -0.05) is 91.0 Å². The molecule has 432 valence electrons. The summed E-state index contributed by atoms with van der Waals surface area (Å²) in [6, 6.07) is 18.3. The lowest BCUT2D eigenvalue weighted by Gasteiger charge is -2.32. The zero-order valence-electron chi connectivity index (χ0n) is 45.3. The zero-order valence-corrected chi connectivity index (χ0v) is 45.3. The molecule has 3 aromatic rings. The van der Waals surface area contributed by atoms with Crippen LogP contribution >= 0.6 is 0 Å². The fourth-order valence-corrected chi connectivity index (χ4v) is 9.44. The molecule has 0 saturated carbocycles. The van der Waals surface area contributed by atoms with E-state index in [1.54, 1.807) is 91.0 Å². The minimum atomic E-state index is -1.74. The number of hydrogen-bond donors (Lipinski definition) is 12. The Bertz CT molecular complexity index is 2670. The van der Waals surface area contributed by atoms with Gasteiger partial charge in [-0.2, -0.15) is 0 Å². The second-order valence-corrected chi connectivity index (χ2v) is 20.4. The van der Waals surface area contributed by atoms with Gasteiger partial charge in [0.25, 0.3) is 0 Å². The number of hydrogen-bond acceptors (Lipinski definition) is 12. The molecule has 2 fully saturated rings. The smallest absolute Gasteiger partial charge is 0.326 e. The van der Waals surface area contributed by atoms with Gasteiger partial charge in [0.2, 0.25) is 47.3 Å². The van der Waals surface area contributed by atoms with E-state index < -0.39 is 102 Å². The maximum atomic E-state index is 14.5. The standard InChI is InChI=1S/C55H77N15O10/c1-55(2,52(80)67-40(31-35-18-8-4-9-19-35)46(73)65-38(51(78)79)23-13-27-62-54(59)60)68-47(74)41(32-36-20-10-5-11-21-36)66-45(72)39(30-34-16-6-3-7-17-34)64-44(71)33-63-48(75)42-24-14-28-69(42)50(77)43-25-15-29-70(43)49(76)37(56)22-12-26-61-53(57)58/h3-11,16-21,37-43H,12-15,22-33,56H2,1-2H3,(H,63,75)(H,64,71)(H,65,73)(H,66,72)(H,67,80)(H,68,74)(H,78,79)(H4,57,58,61)(H4,59,60,62)/t37-,38-,39-,40-,41+,42-,43-/m0/s1. The van der Waals surface area contributed by atoms with E-state index in [2.05, 4.69) is 41.9 Å². The van der Waals surface area contributed by atoms with Gasteiger partial charge in [-0.25, -0.2) is 4.79 Å². The van der Waals surface area contributed by atoms with Gasteiger partial charge in [-0.05, 0) is 81.9 Å². The van der Waals surface area contributed by atoms with Gasteiger partial charge in [-0.15, -0.1) is 0 Å². The molecule has 0 aromatic heterocycles. The van der Waals surface area contributed by atoms with Crippen LogP contribution in [-0.4, -0.2) is 161 Å². The molecule has 0 radical (unpaired) electrons. The maximum Gasteiger partial charge on any atom is 0.326 e. The van der Waals surface area contributed by atoms with Crippen molar-refractivity contribution in [3.8, 4) is 0 Å². The number of nitrogens with two attached hydrogens (primary N) is 5. The third-order valence-corrected chi connectivity index (χ3v) is 13.7. The fourth-order valence-electron chi connectivity index (χ4n) is 9.44. The molecule has 0 unspecified atom stereocenters. The van der Waals surface area contributed by atoms with Gasteiger partial charge in [0.1, 0.15) is 41.8 Å². The number of carboxylic acid groups (broad SMARTS) is 1. The summed E-state index contributed by atoms with van der Waals surface area (Å²) in [5.41, 5.74) is 28.0. The van der Waals surface area contributed by atoms with Crippen LogP contribution in [0.1, 0.15) is 81.9 Å². The molecular formula is C55H77N15O10. The Labute approximate surface area is 465 Å². The van der Waals surface area contributed by atoms with Crippen LogP contribution in [0.3, 0.4) is 0 Å². The van der Waals surface area contributed by atoms with Crippen LogP contribution in [-0.2, 0) is 62.4 Å². The first kappa shape index (κ1) is 62.2. The van der Waals surface area contributed by atoms with Crippen molar-refractivity contribution in [2.75, 3.05) is 32.7 Å². The van der Waals surface area contributed by atoms with E-state index >= 15 is 0 Å². The summed E-state index contributed by atoms with van der Waals surface area (Å²) in [5, 5.41) is 25.9. The number of benzene rings is 3. The SMILES string of the molecule is CC(C)(NC(=O)[C@@H](Cc1ccccc1)NC(=O)[C@H](Cc1ccccc1)NC(=O)CNC(=O)[C@@H]1CCCN1C(=O)[C@@H]1CCCN1C(=O)[C@@H](N)CCCN=C(N)N)C(=O)N[C@@H](Cc1ccccc1)C(=O)N[C@@H](CCCN=C(N)N)C(=O)O. The van der Waals surface area contributed by atoms with Crippen LogP contribution < -0.4 is 60.6 Å². The molecule has 25 heteroatoms. The van der Waals surface area contributed by atoms with Crippen LogP contribution in [0.25, 0.3) is 0 Å². The topological polar surface area (TPSA) is 407 Å². The van der Waals surface area contributed by atoms with Gasteiger partial charge in [0, 0.05) is 45.4 Å². The summed E-state index contributed by atoms with van der Waals surface area (Å²) in [6.07, 6.45) is 2.59. The normalized spacial score (nSPS) is 16.8. The number of nitrogens with one attached hydrogen (secondary N) is 6. The predicted molar refractivity (Wildman–Crippen MR) is 298 cm³/mol. The largest absolute Gasteiger partial charge is 0.480 e. The number of rotatable bonds is 29. The lowest BCUT2D eigenvalue weighted by Crippen LogP contribution is -2.63. The number of carbonyl (C=O) groups excluding carboxylic acids is 8. The van der Waals surface area contributed by atoms with Crippen molar-refractivity contribution in [2.45, 2.75) is 132 Å². The van der Waals surface area contributed by atoms with Gasteiger partial charge >= 0.3 is 5.97 Å². The van der Waals surface area contributed by atoms with Crippen molar-refractivity contribution in [1.82, 2.24) is 41.7 Å². The number of aliphatic imine (C=N–C) groups is 2. The van der Waals surface area contributed by atoms with E-state index in [0.29, 0.717) is 68.3 Å². The lowest BCUT2D eigenvalue weighted by molar-refractivity contribution is -0.147. The molecule has 2 aliphatic heterocycles. The van der Waals surface area contributed by atoms with E-state index in [9.17, 15) is 48.3 Å². The third kappa shape index (κ3) is 19.4. The first-order valence-corrected chi connectivity index (χ1v) is 26.8. The molecule has 2 aliphatic rings. The Kier molecular flexibility index (Phi) is 23.7. The summed E-state index contributed by atoms with van der Waals surface area (Å²) in [5.74, 6) is -6.84. The molecule has 17 N–H and O–H groups in total. The monoisotopic (exact) mass is 1110 g/mol. The molecule has 2 heterocycles. The minimum Gasteiger partial charge on any atom is -0.480 e. The summed E-state index contributed by atoms with van der Waals surface area (Å²) >= 11 is 0. The van der Waals surface area contributed by atoms with Crippen molar-refractivity contribution in [1.29, 1.82) is 0 Å². The number of amides is 8. The van der Waals surface area contributed by atoms with Gasteiger partial charge < -0.3 is 75.5 Å². The number of aliphatic carboxylic acids is 1. The van der Waals surface area contributed by atoms with Crippen molar-refractivity contribution in [3.05, 3.63) is 108 Å². The molecular weight excluding hydrogens is 1030 g/mol. The number of guanidine groups is 2. The average molecular weight is 1110 g/mol. The van der Waals surface area contributed by atoms with E-state index in [1.165, 1.54) is 23.6 Å². The molecule has 8 amide bonds. The van der Waals surface area contributed by atoms with E-state index in [4.69, 9.17) is 28.7 Å². The fraction of sp³-hybridized carbons (Fsp3) is 0.473. The van der Waals surface area contributed by atoms with Crippen LogP contribution in [0.4, 0.5) is 0 Å². The summed E-state index contributed by atoms with van der Waals surface area (Å²) in [4.78, 5) is 135. The van der Waals surface area contributed by atoms with E-state index in [1.807, 2.05) is 0 Å². The van der Waals surface area contributed by atoms with Crippen molar-refractivity contribution in [2.24, 2.45) is 38.7 Å². The first-order chi connectivity index (χ1) is 38.1. The number of carbonyl (C=O) groups is 9. The number of likely N-dealkylation sites (tertiary alicyclic amines) is 2. The Hall–Kier alpha value is -8.61. The number of carboxylic acids is 1. The summed E-state index contributed by atoms with van der Waals surface area (Å²) < 4.78 is 0. The van der Waals surface area contributed by atoms with Crippen molar-refractivity contribution < 1.29 is 48.3 Å². The molecule has 25 nitrogen and oxygen atoms in total.